The third kappa shape index (κ3) is 3.35. The van der Waals surface area contributed by atoms with Gasteiger partial charge in [0.2, 0.25) is 0 Å². The quantitative estimate of drug-likeness (QED) is 0.640. The van der Waals surface area contributed by atoms with Gasteiger partial charge in [-0.3, -0.25) is 9.36 Å². The third-order valence-corrected chi connectivity index (χ3v) is 4.90. The van der Waals surface area contributed by atoms with E-state index in [9.17, 15) is 9.59 Å². The Balaban J connectivity index is 2.07. The van der Waals surface area contributed by atoms with Crippen molar-refractivity contribution in [1.29, 1.82) is 0 Å². The molecular weight excluding hydrogens is 352 g/mol. The molecule has 0 saturated carbocycles. The molecule has 0 fully saturated rings. The van der Waals surface area contributed by atoms with E-state index in [0.717, 1.165) is 16.9 Å². The molecular formula is C19H20N2O4S. The second kappa shape index (κ2) is 7.29. The molecule has 26 heavy (non-hydrogen) atoms. The number of hydrogen-bond donors (Lipinski definition) is 0. The Kier molecular flexibility index (Phi) is 5.08. The lowest BCUT2D eigenvalue weighted by molar-refractivity contribution is -0.144. The van der Waals surface area contributed by atoms with E-state index in [0.29, 0.717) is 10.2 Å². The molecule has 0 unspecified atom stereocenters. The highest BCUT2D eigenvalue weighted by molar-refractivity contribution is 7.17. The number of hydrogen-bond acceptors (Lipinski definition) is 6. The second-order valence-corrected chi connectivity index (χ2v) is 7.03. The zero-order chi connectivity index (χ0) is 18.8. The van der Waals surface area contributed by atoms with Gasteiger partial charge in [0.05, 0.1) is 24.9 Å². The number of esters is 1. The molecule has 7 heteroatoms. The molecule has 0 amide bonds. The number of nitrogens with zero attached hydrogens (tertiary/aromatic N) is 2. The lowest BCUT2D eigenvalue weighted by Crippen LogP contribution is -2.29. The molecule has 3 rings (SSSR count). The van der Waals surface area contributed by atoms with Crippen molar-refractivity contribution in [2.75, 3.05) is 7.11 Å². The summed E-state index contributed by atoms with van der Waals surface area (Å²) in [6, 6.07) is 6.86. The Bertz CT molecular complexity index is 989. The lowest BCUT2D eigenvalue weighted by atomic mass is 10.1. The Morgan fingerprint density at radius 2 is 1.88 bits per heavy atom. The van der Waals surface area contributed by atoms with Gasteiger partial charge in [-0.1, -0.05) is 12.1 Å². The van der Waals surface area contributed by atoms with Crippen LogP contribution in [-0.2, 0) is 9.53 Å². The van der Waals surface area contributed by atoms with Crippen LogP contribution in [0.2, 0.25) is 0 Å². The molecule has 0 radical (unpaired) electrons. The Morgan fingerprint density at radius 3 is 2.50 bits per heavy atom. The average molecular weight is 372 g/mol. The maximum atomic E-state index is 13.0. The number of carbonyl (C=O) groups excluding carboxylic acids is 1. The number of methoxy groups -OCH3 is 1. The molecule has 6 nitrogen and oxygen atoms in total. The molecule has 0 aliphatic carbocycles. The first-order chi connectivity index (χ1) is 12.4. The summed E-state index contributed by atoms with van der Waals surface area (Å²) < 4.78 is 11.7. The number of rotatable bonds is 5. The van der Waals surface area contributed by atoms with Crippen molar-refractivity contribution in [3.63, 3.8) is 0 Å². The maximum Gasteiger partial charge on any atom is 0.328 e. The first-order valence-corrected chi connectivity index (χ1v) is 9.13. The van der Waals surface area contributed by atoms with Crippen LogP contribution in [0.3, 0.4) is 0 Å². The minimum atomic E-state index is -0.737. The van der Waals surface area contributed by atoms with E-state index in [2.05, 4.69) is 4.98 Å². The molecule has 136 valence electrons. The summed E-state index contributed by atoms with van der Waals surface area (Å²) in [5.74, 6) is 0.290. The third-order valence-electron chi connectivity index (χ3n) is 4.02. The van der Waals surface area contributed by atoms with Crippen LogP contribution in [0.15, 0.2) is 40.8 Å². The topological polar surface area (TPSA) is 70.4 Å². The van der Waals surface area contributed by atoms with Crippen LogP contribution in [0, 0.1) is 0 Å². The Hall–Kier alpha value is -2.67. The molecule has 2 heterocycles. The fraction of sp³-hybridized carbons (Fsp3) is 0.316. The normalized spacial score (nSPS) is 12.3. The highest BCUT2D eigenvalue weighted by Crippen LogP contribution is 2.32. The summed E-state index contributed by atoms with van der Waals surface area (Å²) in [4.78, 5) is 29.7. The monoisotopic (exact) mass is 372 g/mol. The molecule has 0 N–H and O–H groups in total. The van der Waals surface area contributed by atoms with E-state index in [1.807, 2.05) is 43.5 Å². The molecule has 0 aliphatic rings. The standard InChI is InChI=1S/C19H20N2O4S/c1-11(2)25-14-7-5-13(6-8-14)15-9-26-17-16(15)18(22)21(10-20-17)12(3)19(23)24-4/h5-12H,1-4H3/t12-/m0/s1. The van der Waals surface area contributed by atoms with Gasteiger partial charge in [-0.15, -0.1) is 11.3 Å². The summed E-state index contributed by atoms with van der Waals surface area (Å²) in [5, 5.41) is 2.41. The molecule has 0 spiro atoms. The largest absolute Gasteiger partial charge is 0.491 e. The maximum absolute atomic E-state index is 13.0. The van der Waals surface area contributed by atoms with E-state index in [-0.39, 0.29) is 11.7 Å². The number of fused-ring (bicyclic) bond motifs is 1. The van der Waals surface area contributed by atoms with Gasteiger partial charge >= 0.3 is 5.97 Å². The fourth-order valence-corrected chi connectivity index (χ4v) is 3.61. The predicted molar refractivity (Wildman–Crippen MR) is 102 cm³/mol. The van der Waals surface area contributed by atoms with Crippen molar-refractivity contribution in [1.82, 2.24) is 9.55 Å². The predicted octanol–water partition coefficient (Wildman–Crippen LogP) is 3.65. The molecule has 0 aliphatic heterocycles. The average Bonchev–Trinajstić information content (AvgIpc) is 3.06. The number of aromatic nitrogens is 2. The smallest absolute Gasteiger partial charge is 0.328 e. The molecule has 1 atom stereocenters. The minimum absolute atomic E-state index is 0.0963. The van der Waals surface area contributed by atoms with Gasteiger partial charge in [-0.05, 0) is 38.5 Å². The second-order valence-electron chi connectivity index (χ2n) is 6.18. The highest BCUT2D eigenvalue weighted by atomic mass is 32.1. The van der Waals surface area contributed by atoms with E-state index < -0.39 is 12.0 Å². The number of benzene rings is 1. The summed E-state index contributed by atoms with van der Waals surface area (Å²) in [6.45, 7) is 5.55. The van der Waals surface area contributed by atoms with E-state index in [1.165, 1.54) is 29.3 Å². The first-order valence-electron chi connectivity index (χ1n) is 8.25. The van der Waals surface area contributed by atoms with Crippen LogP contribution < -0.4 is 10.3 Å². The molecule has 0 bridgehead atoms. The van der Waals surface area contributed by atoms with Crippen molar-refractivity contribution >= 4 is 27.5 Å². The summed E-state index contributed by atoms with van der Waals surface area (Å²) in [7, 11) is 1.30. The van der Waals surface area contributed by atoms with Crippen molar-refractivity contribution in [3.05, 3.63) is 46.3 Å². The minimum Gasteiger partial charge on any atom is -0.491 e. The molecule has 3 aromatic rings. The Morgan fingerprint density at radius 1 is 1.19 bits per heavy atom. The van der Waals surface area contributed by atoms with Crippen LogP contribution in [0.25, 0.3) is 21.3 Å². The van der Waals surface area contributed by atoms with Gasteiger partial charge in [0.25, 0.3) is 5.56 Å². The van der Waals surface area contributed by atoms with Crippen molar-refractivity contribution < 1.29 is 14.3 Å². The van der Waals surface area contributed by atoms with Gasteiger partial charge in [0.15, 0.2) is 0 Å². The highest BCUT2D eigenvalue weighted by Gasteiger charge is 2.20. The summed E-state index contributed by atoms with van der Waals surface area (Å²) in [5.41, 5.74) is 1.44. The molecule has 2 aromatic heterocycles. The van der Waals surface area contributed by atoms with E-state index in [4.69, 9.17) is 9.47 Å². The van der Waals surface area contributed by atoms with Crippen molar-refractivity contribution in [2.24, 2.45) is 0 Å². The van der Waals surface area contributed by atoms with Crippen LogP contribution in [0.5, 0.6) is 5.75 Å². The Labute approximate surface area is 155 Å². The number of carbonyl (C=O) groups is 1. The van der Waals surface area contributed by atoms with Crippen LogP contribution in [-0.4, -0.2) is 28.7 Å². The van der Waals surface area contributed by atoms with Gasteiger partial charge in [0, 0.05) is 10.9 Å². The molecule has 0 saturated heterocycles. The summed E-state index contributed by atoms with van der Waals surface area (Å²) in [6.07, 6.45) is 1.49. The zero-order valence-electron chi connectivity index (χ0n) is 15.1. The number of thiophene rings is 1. The fourth-order valence-electron chi connectivity index (χ4n) is 2.70. The van der Waals surface area contributed by atoms with Gasteiger partial charge in [-0.2, -0.15) is 0 Å². The first kappa shape index (κ1) is 18.1. The SMILES string of the molecule is COC(=O)[C@H](C)n1cnc2scc(-c3ccc(OC(C)C)cc3)c2c1=O. The van der Waals surface area contributed by atoms with E-state index in [1.54, 1.807) is 6.92 Å². The van der Waals surface area contributed by atoms with Gasteiger partial charge < -0.3 is 9.47 Å². The van der Waals surface area contributed by atoms with Crippen molar-refractivity contribution in [2.45, 2.75) is 32.9 Å². The van der Waals surface area contributed by atoms with Gasteiger partial charge in [0.1, 0.15) is 16.6 Å². The van der Waals surface area contributed by atoms with Crippen molar-refractivity contribution in [3.8, 4) is 16.9 Å². The van der Waals surface area contributed by atoms with Crippen LogP contribution in [0.1, 0.15) is 26.8 Å². The lowest BCUT2D eigenvalue weighted by Gasteiger charge is -2.12. The van der Waals surface area contributed by atoms with Gasteiger partial charge in [-0.25, -0.2) is 9.78 Å². The zero-order valence-corrected chi connectivity index (χ0v) is 15.9. The summed E-state index contributed by atoms with van der Waals surface area (Å²) >= 11 is 1.40. The van der Waals surface area contributed by atoms with Crippen LogP contribution >= 0.6 is 11.3 Å². The van der Waals surface area contributed by atoms with E-state index >= 15 is 0 Å². The number of ether oxygens (including phenoxy) is 2. The van der Waals surface area contributed by atoms with Crippen LogP contribution in [0.4, 0.5) is 0 Å². The molecule has 1 aromatic carbocycles.